The third-order valence-corrected chi connectivity index (χ3v) is 8.70. The Bertz CT molecular complexity index is 1230. The molecule has 3 fully saturated rings. The van der Waals surface area contributed by atoms with Gasteiger partial charge in [-0.05, 0) is 35.0 Å². The van der Waals surface area contributed by atoms with Crippen LogP contribution >= 0.6 is 0 Å². The highest BCUT2D eigenvalue weighted by atomic mass is 16.7. The zero-order chi connectivity index (χ0) is 35.9. The van der Waals surface area contributed by atoms with Gasteiger partial charge >= 0.3 is 0 Å². The minimum atomic E-state index is -1.89. The van der Waals surface area contributed by atoms with Gasteiger partial charge in [0.05, 0.1) is 55.7 Å². The first-order chi connectivity index (χ1) is 23.7. The maximum Gasteiger partial charge on any atom is 0.186 e. The summed E-state index contributed by atoms with van der Waals surface area (Å²) in [5.41, 5.74) is 36.4. The lowest BCUT2D eigenvalue weighted by atomic mass is 9.84. The lowest BCUT2D eigenvalue weighted by Crippen LogP contribution is -2.65. The monoisotopic (exact) mass is 700 g/mol. The molecule has 274 valence electrons. The Labute approximate surface area is 280 Å². The van der Waals surface area contributed by atoms with Crippen molar-refractivity contribution in [3.8, 4) is 0 Å². The first kappa shape index (κ1) is 40.2. The van der Waals surface area contributed by atoms with Gasteiger partial charge in [0.15, 0.2) is 12.6 Å². The number of aliphatic hydroxyl groups excluding tert-OH is 6. The average Bonchev–Trinajstić information content (AvgIpc) is 3.09. The molecule has 0 unspecified atom stereocenters. The molecule has 0 aromatic rings. The summed E-state index contributed by atoms with van der Waals surface area (Å²) in [6, 6.07) is -3.85. The highest BCUT2D eigenvalue weighted by Gasteiger charge is 2.53. The molecule has 1 saturated carbocycles. The molecule has 0 spiro atoms. The van der Waals surface area contributed by atoms with Crippen LogP contribution in [0, 0.1) is 0 Å². The van der Waals surface area contributed by atoms with E-state index in [1.54, 1.807) is 0 Å². The summed E-state index contributed by atoms with van der Waals surface area (Å²) in [6.07, 6.45) is -13.6. The van der Waals surface area contributed by atoms with E-state index in [1.165, 1.54) is 0 Å². The molecule has 0 radical (unpaired) electrons. The number of hydrogen-bond acceptors (Lipinski definition) is 15. The van der Waals surface area contributed by atoms with Crippen molar-refractivity contribution in [2.75, 3.05) is 19.8 Å². The molecule has 6 N–H and O–H groups in total. The summed E-state index contributed by atoms with van der Waals surface area (Å²) >= 11 is 0. The van der Waals surface area contributed by atoms with Crippen molar-refractivity contribution in [1.29, 1.82) is 0 Å². The Kier molecular flexibility index (Phi) is 16.8. The van der Waals surface area contributed by atoms with Gasteiger partial charge in [-0.1, -0.05) is 59.5 Å². The second-order valence-corrected chi connectivity index (χ2v) is 11.9. The quantitative estimate of drug-likeness (QED) is 0.0514. The maximum absolute atomic E-state index is 11.5. The molecule has 23 nitrogen and oxygen atoms in total. The van der Waals surface area contributed by atoms with Crippen LogP contribution < -0.4 is 0 Å². The van der Waals surface area contributed by atoms with Crippen molar-refractivity contribution >= 4 is 0 Å². The van der Waals surface area contributed by atoms with Gasteiger partial charge in [-0.25, -0.2) is 0 Å². The largest absolute Gasteiger partial charge is 0.394 e. The Hall–Kier alpha value is -3.20. The lowest BCUT2D eigenvalue weighted by Gasteiger charge is -2.48. The average molecular weight is 701 g/mol. The number of ether oxygens (including phenoxy) is 5. The summed E-state index contributed by atoms with van der Waals surface area (Å²) < 4.78 is 29.0. The molecule has 2 saturated heterocycles. The molecule has 0 amide bonds. The molecular formula is C26H44N12O11. The van der Waals surface area contributed by atoms with Crippen LogP contribution in [0.3, 0.4) is 0 Å². The smallest absolute Gasteiger partial charge is 0.186 e. The predicted octanol–water partition coefficient (Wildman–Crippen LogP) is 1.50. The van der Waals surface area contributed by atoms with Gasteiger partial charge in [-0.2, -0.15) is 0 Å². The SMILES string of the molecule is CCCCCCCCO[C@H]1[C@H](N=[N+]=[N-])[C@@H](O)[C@@H](O[C@@H]2[C@@H](O)[C@H](O[C@H]3O[C@H](CN=[N+]=[N-])[C@@H](O)[C@H](O)[C@H]3O)[C@@H](N=[N+]=[N-])C[C@H]2N=[N+]=[N-])O[C@@H]1CO. The molecule has 0 bridgehead atoms. The number of rotatable bonds is 18. The summed E-state index contributed by atoms with van der Waals surface area (Å²) in [5.74, 6) is 0. The molecule has 2 aliphatic heterocycles. The maximum atomic E-state index is 11.5. The van der Waals surface area contributed by atoms with Gasteiger partial charge in [-0.15, -0.1) is 0 Å². The zero-order valence-corrected chi connectivity index (χ0v) is 26.8. The molecule has 15 atom stereocenters. The van der Waals surface area contributed by atoms with Crippen molar-refractivity contribution in [3.05, 3.63) is 41.8 Å². The molecule has 23 heteroatoms. The van der Waals surface area contributed by atoms with E-state index in [9.17, 15) is 47.2 Å². The van der Waals surface area contributed by atoms with Gasteiger partial charge in [-0.3, -0.25) is 0 Å². The van der Waals surface area contributed by atoms with Crippen molar-refractivity contribution in [2.24, 2.45) is 20.5 Å². The third kappa shape index (κ3) is 10.4. The van der Waals surface area contributed by atoms with E-state index < -0.39 is 105 Å². The van der Waals surface area contributed by atoms with E-state index in [0.717, 1.165) is 32.1 Å². The molecule has 3 aliphatic rings. The summed E-state index contributed by atoms with van der Waals surface area (Å²) in [7, 11) is 0. The number of azide groups is 4. The second-order valence-electron chi connectivity index (χ2n) is 11.9. The fraction of sp³-hybridized carbons (Fsp3) is 1.00. The molecular weight excluding hydrogens is 656 g/mol. The van der Waals surface area contributed by atoms with Crippen LogP contribution in [0.4, 0.5) is 0 Å². The van der Waals surface area contributed by atoms with E-state index in [0.29, 0.717) is 6.42 Å². The van der Waals surface area contributed by atoms with Crippen LogP contribution in [0.25, 0.3) is 41.8 Å². The van der Waals surface area contributed by atoms with E-state index in [4.69, 9.17) is 29.2 Å². The van der Waals surface area contributed by atoms with Crippen molar-refractivity contribution in [2.45, 2.75) is 144 Å². The van der Waals surface area contributed by atoms with Gasteiger partial charge in [0.2, 0.25) is 0 Å². The molecule has 49 heavy (non-hydrogen) atoms. The lowest BCUT2D eigenvalue weighted by molar-refractivity contribution is -0.333. The number of hydrogen-bond donors (Lipinski definition) is 6. The minimum absolute atomic E-state index is 0.233. The van der Waals surface area contributed by atoms with Crippen LogP contribution in [-0.2, 0) is 23.7 Å². The van der Waals surface area contributed by atoms with E-state index >= 15 is 0 Å². The van der Waals surface area contributed by atoms with Crippen LogP contribution in [0.2, 0.25) is 0 Å². The second kappa shape index (κ2) is 20.5. The highest BCUT2D eigenvalue weighted by Crippen LogP contribution is 2.36. The van der Waals surface area contributed by atoms with E-state index in [-0.39, 0.29) is 13.0 Å². The summed E-state index contributed by atoms with van der Waals surface area (Å²) in [5, 5.41) is 78.4. The zero-order valence-electron chi connectivity index (χ0n) is 26.8. The Morgan fingerprint density at radius 2 is 1.22 bits per heavy atom. The Morgan fingerprint density at radius 1 is 0.653 bits per heavy atom. The van der Waals surface area contributed by atoms with Gasteiger partial charge in [0.25, 0.3) is 0 Å². The summed E-state index contributed by atoms with van der Waals surface area (Å²) in [6.45, 7) is 1.25. The van der Waals surface area contributed by atoms with E-state index in [1.807, 2.05) is 0 Å². The molecule has 2 heterocycles. The fourth-order valence-electron chi connectivity index (χ4n) is 6.13. The predicted molar refractivity (Wildman–Crippen MR) is 165 cm³/mol. The van der Waals surface area contributed by atoms with Gasteiger partial charge in [0, 0.05) is 26.3 Å². The number of aliphatic hydroxyl groups is 6. The molecule has 0 aromatic heterocycles. The normalized spacial score (nSPS) is 39.0. The van der Waals surface area contributed by atoms with Gasteiger partial charge < -0.3 is 54.3 Å². The van der Waals surface area contributed by atoms with Crippen molar-refractivity contribution < 1.29 is 54.3 Å². The Balaban J connectivity index is 1.83. The summed E-state index contributed by atoms with van der Waals surface area (Å²) in [4.78, 5) is 10.9. The Morgan fingerprint density at radius 3 is 1.80 bits per heavy atom. The molecule has 0 aromatic carbocycles. The van der Waals surface area contributed by atoms with Gasteiger partial charge in [0.1, 0.15) is 36.6 Å². The first-order valence-electron chi connectivity index (χ1n) is 16.0. The topological polar surface area (TPSA) is 363 Å². The van der Waals surface area contributed by atoms with Crippen LogP contribution in [-0.4, -0.2) is 142 Å². The number of unbranched alkanes of at least 4 members (excludes halogenated alkanes) is 5. The van der Waals surface area contributed by atoms with Crippen molar-refractivity contribution in [3.63, 3.8) is 0 Å². The molecule has 1 aliphatic carbocycles. The van der Waals surface area contributed by atoms with E-state index in [2.05, 4.69) is 47.0 Å². The fourth-order valence-corrected chi connectivity index (χ4v) is 6.13. The minimum Gasteiger partial charge on any atom is -0.394 e. The van der Waals surface area contributed by atoms with Crippen molar-refractivity contribution in [1.82, 2.24) is 0 Å². The van der Waals surface area contributed by atoms with Crippen LogP contribution in [0.1, 0.15) is 51.9 Å². The first-order valence-corrected chi connectivity index (χ1v) is 16.0. The third-order valence-electron chi connectivity index (χ3n) is 8.70. The highest BCUT2D eigenvalue weighted by molar-refractivity contribution is 5.04. The standard InChI is InChI=1S/C26H44N12O11/c1-2-3-4-5-6-7-8-45-24-15(11-39)47-25(18(41)16(24)34-38-30)48-22-12(32-36-28)9-13(33-37-29)23(21(22)44)49-26-20(43)19(42)17(40)14(46-26)10-31-35-27/h12-26,39-44H,2-11H2,1H3/t12-,13+,14-,15-,16-,17-,18-,19+,20-,21-,22+,23-,24-,25-,26-/m1/s1. The molecule has 3 rings (SSSR count). The van der Waals surface area contributed by atoms with Crippen LogP contribution in [0.5, 0.6) is 0 Å². The van der Waals surface area contributed by atoms with Crippen LogP contribution in [0.15, 0.2) is 20.5 Å². The number of nitrogens with zero attached hydrogens (tertiary/aromatic N) is 12.